The number of aromatic nitrogens is 1. The van der Waals surface area contributed by atoms with Crippen LogP contribution in [-0.4, -0.2) is 22.0 Å². The van der Waals surface area contributed by atoms with Gasteiger partial charge in [-0.15, -0.1) is 0 Å². The molecule has 4 nitrogen and oxygen atoms in total. The van der Waals surface area contributed by atoms with Crippen molar-refractivity contribution >= 4 is 5.91 Å². The van der Waals surface area contributed by atoms with E-state index < -0.39 is 0 Å². The van der Waals surface area contributed by atoms with Gasteiger partial charge in [-0.1, -0.05) is 17.3 Å². The van der Waals surface area contributed by atoms with E-state index >= 15 is 0 Å². The molecule has 0 saturated heterocycles. The quantitative estimate of drug-likeness (QED) is 0.627. The minimum atomic E-state index is -0.364. The predicted molar refractivity (Wildman–Crippen MR) is 103 cm³/mol. The third kappa shape index (κ3) is 4.25. The molecular weight excluding hydrogens is 343 g/mol. The number of aryl methyl sites for hydroxylation is 2. The lowest BCUT2D eigenvalue weighted by atomic mass is 10.0. The van der Waals surface area contributed by atoms with Crippen LogP contribution in [0.2, 0.25) is 0 Å². The van der Waals surface area contributed by atoms with Gasteiger partial charge in [-0.25, -0.2) is 4.39 Å². The summed E-state index contributed by atoms with van der Waals surface area (Å²) in [6.07, 6.45) is 0. The van der Waals surface area contributed by atoms with E-state index in [9.17, 15) is 9.18 Å². The molecule has 1 amide bonds. The fourth-order valence-corrected chi connectivity index (χ4v) is 2.84. The van der Waals surface area contributed by atoms with Gasteiger partial charge >= 0.3 is 0 Å². The maximum Gasteiger partial charge on any atom is 0.254 e. The first kappa shape index (κ1) is 18.8. The smallest absolute Gasteiger partial charge is 0.254 e. The van der Waals surface area contributed by atoms with E-state index in [2.05, 4.69) is 25.1 Å². The van der Waals surface area contributed by atoms with Crippen LogP contribution in [0.15, 0.2) is 53.1 Å². The second-order valence-corrected chi connectivity index (χ2v) is 7.02. The summed E-state index contributed by atoms with van der Waals surface area (Å²) < 4.78 is 18.6. The molecule has 0 unspecified atom stereocenters. The lowest BCUT2D eigenvalue weighted by molar-refractivity contribution is 0.0686. The van der Waals surface area contributed by atoms with Crippen LogP contribution >= 0.6 is 0 Å². The number of nitrogens with zero attached hydrogens (tertiary/aromatic N) is 2. The van der Waals surface area contributed by atoms with Gasteiger partial charge in [0.1, 0.15) is 11.5 Å². The highest BCUT2D eigenvalue weighted by atomic mass is 19.1. The summed E-state index contributed by atoms with van der Waals surface area (Å²) in [5.41, 5.74) is 4.48. The third-order valence-corrected chi connectivity index (χ3v) is 4.66. The van der Waals surface area contributed by atoms with Gasteiger partial charge in [0.05, 0.1) is 6.54 Å². The van der Waals surface area contributed by atoms with Crippen molar-refractivity contribution in [3.05, 3.63) is 76.7 Å². The molecule has 0 radical (unpaired) electrons. The highest BCUT2D eigenvalue weighted by molar-refractivity contribution is 5.94. The van der Waals surface area contributed by atoms with Crippen LogP contribution < -0.4 is 0 Å². The van der Waals surface area contributed by atoms with Crippen LogP contribution in [0.4, 0.5) is 4.39 Å². The van der Waals surface area contributed by atoms with Gasteiger partial charge in [0.15, 0.2) is 5.76 Å². The Bertz CT molecular complexity index is 945. The van der Waals surface area contributed by atoms with E-state index in [4.69, 9.17) is 4.52 Å². The molecule has 0 fully saturated rings. The molecule has 27 heavy (non-hydrogen) atoms. The van der Waals surface area contributed by atoms with Gasteiger partial charge in [0, 0.05) is 23.2 Å². The molecule has 0 aliphatic heterocycles. The first-order valence-corrected chi connectivity index (χ1v) is 8.95. The van der Waals surface area contributed by atoms with Crippen LogP contribution in [0.5, 0.6) is 0 Å². The lowest BCUT2D eigenvalue weighted by Gasteiger charge is -2.25. The second kappa shape index (κ2) is 7.74. The van der Waals surface area contributed by atoms with Crippen LogP contribution in [0.25, 0.3) is 11.3 Å². The van der Waals surface area contributed by atoms with Crippen molar-refractivity contribution in [2.45, 2.75) is 40.3 Å². The minimum absolute atomic E-state index is 0.0377. The third-order valence-electron chi connectivity index (χ3n) is 4.66. The summed E-state index contributed by atoms with van der Waals surface area (Å²) >= 11 is 0. The molecule has 0 saturated carbocycles. The average Bonchev–Trinajstić information content (AvgIpc) is 3.10. The molecular formula is C22H23FN2O2. The number of benzene rings is 2. The first-order chi connectivity index (χ1) is 12.8. The maximum atomic E-state index is 13.1. The van der Waals surface area contributed by atoms with Crippen molar-refractivity contribution in [1.82, 2.24) is 10.1 Å². The van der Waals surface area contributed by atoms with Gasteiger partial charge in [0.2, 0.25) is 0 Å². The molecule has 5 heteroatoms. The van der Waals surface area contributed by atoms with Crippen LogP contribution in [0.3, 0.4) is 0 Å². The fraction of sp³-hybridized carbons (Fsp3) is 0.273. The van der Waals surface area contributed by atoms with Gasteiger partial charge in [-0.05, 0) is 69.2 Å². The van der Waals surface area contributed by atoms with Crippen molar-refractivity contribution in [3.63, 3.8) is 0 Å². The Balaban J connectivity index is 1.81. The van der Waals surface area contributed by atoms with E-state index in [1.165, 1.54) is 35.4 Å². The molecule has 0 spiro atoms. The molecule has 1 heterocycles. The Morgan fingerprint density at radius 2 is 1.78 bits per heavy atom. The predicted octanol–water partition coefficient (Wildman–Crippen LogP) is 5.15. The van der Waals surface area contributed by atoms with Gasteiger partial charge in [0.25, 0.3) is 5.91 Å². The Hall–Kier alpha value is -2.95. The van der Waals surface area contributed by atoms with Gasteiger partial charge < -0.3 is 9.42 Å². The van der Waals surface area contributed by atoms with Gasteiger partial charge in [-0.2, -0.15) is 0 Å². The number of carbonyl (C=O) groups excluding carboxylic acids is 1. The molecule has 140 valence electrons. The molecule has 0 aliphatic carbocycles. The number of amides is 1. The number of hydrogen-bond donors (Lipinski definition) is 0. The molecule has 0 bridgehead atoms. The monoisotopic (exact) mass is 366 g/mol. The number of halogens is 1. The van der Waals surface area contributed by atoms with Crippen LogP contribution in [-0.2, 0) is 6.54 Å². The Morgan fingerprint density at radius 3 is 2.41 bits per heavy atom. The normalized spacial score (nSPS) is 11.0. The number of carbonyl (C=O) groups is 1. The largest absolute Gasteiger partial charge is 0.356 e. The van der Waals surface area contributed by atoms with E-state index in [1.54, 1.807) is 4.90 Å². The zero-order chi connectivity index (χ0) is 19.6. The molecule has 0 aliphatic rings. The summed E-state index contributed by atoms with van der Waals surface area (Å²) in [5, 5.41) is 4.13. The Morgan fingerprint density at radius 1 is 1.07 bits per heavy atom. The molecule has 1 aromatic heterocycles. The van der Waals surface area contributed by atoms with Gasteiger partial charge in [-0.3, -0.25) is 4.79 Å². The highest BCUT2D eigenvalue weighted by Gasteiger charge is 2.21. The summed E-state index contributed by atoms with van der Waals surface area (Å²) in [5.74, 6) is 0.143. The van der Waals surface area contributed by atoms with Crippen molar-refractivity contribution < 1.29 is 13.7 Å². The van der Waals surface area contributed by atoms with Crippen molar-refractivity contribution in [2.24, 2.45) is 0 Å². The van der Waals surface area contributed by atoms with E-state index in [1.807, 2.05) is 32.0 Å². The summed E-state index contributed by atoms with van der Waals surface area (Å²) in [7, 11) is 0. The maximum absolute atomic E-state index is 13.1. The zero-order valence-corrected chi connectivity index (χ0v) is 16.0. The summed E-state index contributed by atoms with van der Waals surface area (Å²) in [4.78, 5) is 14.5. The SMILES string of the molecule is Cc1ccc(-c2cc(CN(C(=O)c3ccc(F)cc3)C(C)C)no2)cc1C. The van der Waals surface area contributed by atoms with Crippen LogP contribution in [0.1, 0.15) is 41.0 Å². The summed E-state index contributed by atoms with van der Waals surface area (Å²) in [6.45, 7) is 8.31. The second-order valence-electron chi connectivity index (χ2n) is 7.02. The highest BCUT2D eigenvalue weighted by Crippen LogP contribution is 2.24. The minimum Gasteiger partial charge on any atom is -0.356 e. The number of hydrogen-bond acceptors (Lipinski definition) is 3. The Kier molecular flexibility index (Phi) is 5.40. The molecule has 0 N–H and O–H groups in total. The topological polar surface area (TPSA) is 46.3 Å². The lowest BCUT2D eigenvalue weighted by Crippen LogP contribution is -2.36. The fourth-order valence-electron chi connectivity index (χ4n) is 2.84. The Labute approximate surface area is 158 Å². The van der Waals surface area contributed by atoms with Crippen molar-refractivity contribution in [2.75, 3.05) is 0 Å². The number of rotatable bonds is 5. The molecule has 0 atom stereocenters. The standard InChI is InChI=1S/C22H23FN2O2/c1-14(2)25(22(26)17-7-9-19(23)10-8-17)13-20-12-21(27-24-20)18-6-5-15(3)16(4)11-18/h5-12,14H,13H2,1-4H3. The molecule has 2 aromatic carbocycles. The van der Waals surface area contributed by atoms with Crippen molar-refractivity contribution in [3.8, 4) is 11.3 Å². The van der Waals surface area contributed by atoms with Crippen molar-refractivity contribution in [1.29, 1.82) is 0 Å². The van der Waals surface area contributed by atoms with E-state index in [0.717, 1.165) is 5.56 Å². The zero-order valence-electron chi connectivity index (χ0n) is 16.0. The summed E-state index contributed by atoms with van der Waals surface area (Å²) in [6, 6.07) is 13.5. The first-order valence-electron chi connectivity index (χ1n) is 8.95. The van der Waals surface area contributed by atoms with E-state index in [-0.39, 0.29) is 17.8 Å². The molecule has 3 aromatic rings. The van der Waals surface area contributed by atoms with Crippen LogP contribution in [0, 0.1) is 19.7 Å². The van der Waals surface area contributed by atoms with E-state index in [0.29, 0.717) is 23.6 Å². The molecule has 3 rings (SSSR count). The average molecular weight is 366 g/mol.